The van der Waals surface area contributed by atoms with Crippen LogP contribution in [0.3, 0.4) is 0 Å². The van der Waals surface area contributed by atoms with Crippen molar-refractivity contribution in [2.45, 2.75) is 91.1 Å². The molecule has 3 aromatic rings. The van der Waals surface area contributed by atoms with Crippen molar-refractivity contribution >= 4 is 17.9 Å². The average molecular weight is 605 g/mol. The zero-order chi connectivity index (χ0) is 31.6. The first kappa shape index (κ1) is 34.2. The van der Waals surface area contributed by atoms with Crippen LogP contribution in [0.4, 0.5) is 0 Å². The van der Waals surface area contributed by atoms with Crippen LogP contribution in [0.2, 0.25) is 0 Å². The van der Waals surface area contributed by atoms with Crippen LogP contribution in [0.15, 0.2) is 60.9 Å². The second kappa shape index (κ2) is 19.1. The molecule has 0 unspecified atom stereocenters. The van der Waals surface area contributed by atoms with Gasteiger partial charge in [0, 0.05) is 18.0 Å². The summed E-state index contributed by atoms with van der Waals surface area (Å²) in [5.41, 5.74) is 1.18. The maximum atomic E-state index is 12.6. The van der Waals surface area contributed by atoms with Crippen molar-refractivity contribution in [2.24, 2.45) is 0 Å². The topological polar surface area (TPSA) is 114 Å². The Kier molecular flexibility index (Phi) is 14.9. The van der Waals surface area contributed by atoms with Crippen LogP contribution in [-0.2, 0) is 14.3 Å². The highest BCUT2D eigenvalue weighted by Gasteiger charge is 2.20. The Balaban J connectivity index is 1.39. The lowest BCUT2D eigenvalue weighted by Gasteiger charge is -2.12. The fourth-order valence-corrected chi connectivity index (χ4v) is 4.42. The van der Waals surface area contributed by atoms with Crippen molar-refractivity contribution in [3.05, 3.63) is 72.1 Å². The Bertz CT molecular complexity index is 1290. The Morgan fingerprint density at radius 3 is 1.84 bits per heavy atom. The molecule has 0 radical (unpaired) electrons. The van der Waals surface area contributed by atoms with E-state index in [1.54, 1.807) is 6.92 Å². The van der Waals surface area contributed by atoms with Crippen molar-refractivity contribution in [1.29, 1.82) is 0 Å². The van der Waals surface area contributed by atoms with Gasteiger partial charge in [-0.2, -0.15) is 0 Å². The van der Waals surface area contributed by atoms with Gasteiger partial charge in [-0.3, -0.25) is 0 Å². The standard InChI is InChI=1S/C35H44N2O7/c1-4-6-7-8-9-10-11-12-13-14-23-42-30-19-15-27(16-20-30)32-36-24-29(25-37-32)35(40)44-31-21-17-28(18-22-31)34(39)43-26(3)33(38)41-5-2/h15-22,24-26H,4-14,23H2,1-3H3/t26-/m1/s1. The van der Waals surface area contributed by atoms with E-state index < -0.39 is 24.0 Å². The third-order valence-corrected chi connectivity index (χ3v) is 6.97. The van der Waals surface area contributed by atoms with Crippen LogP contribution in [0.1, 0.15) is 106 Å². The number of ether oxygens (including phenoxy) is 4. The van der Waals surface area contributed by atoms with Gasteiger partial charge in [-0.15, -0.1) is 0 Å². The number of rotatable bonds is 19. The van der Waals surface area contributed by atoms with Crippen LogP contribution in [-0.4, -0.2) is 47.2 Å². The van der Waals surface area contributed by atoms with Crippen molar-refractivity contribution in [3.8, 4) is 22.9 Å². The summed E-state index contributed by atoms with van der Waals surface area (Å²) in [7, 11) is 0. The van der Waals surface area contributed by atoms with Crippen molar-refractivity contribution in [1.82, 2.24) is 9.97 Å². The van der Waals surface area contributed by atoms with Gasteiger partial charge in [0.1, 0.15) is 11.5 Å². The maximum absolute atomic E-state index is 12.6. The lowest BCUT2D eigenvalue weighted by atomic mass is 10.1. The van der Waals surface area contributed by atoms with Gasteiger partial charge in [-0.1, -0.05) is 64.7 Å². The van der Waals surface area contributed by atoms with E-state index in [-0.39, 0.29) is 23.5 Å². The molecule has 0 spiro atoms. The number of aromatic nitrogens is 2. The first-order valence-corrected chi connectivity index (χ1v) is 15.7. The highest BCUT2D eigenvalue weighted by atomic mass is 16.6. The van der Waals surface area contributed by atoms with Gasteiger partial charge in [0.05, 0.1) is 24.3 Å². The van der Waals surface area contributed by atoms with Gasteiger partial charge in [-0.05, 0) is 68.8 Å². The lowest BCUT2D eigenvalue weighted by molar-refractivity contribution is -0.152. The third kappa shape index (κ3) is 11.8. The van der Waals surface area contributed by atoms with Crippen molar-refractivity contribution in [2.75, 3.05) is 13.2 Å². The fraction of sp³-hybridized carbons (Fsp3) is 0.457. The van der Waals surface area contributed by atoms with E-state index in [2.05, 4.69) is 16.9 Å². The molecule has 2 aromatic carbocycles. The van der Waals surface area contributed by atoms with Gasteiger partial charge < -0.3 is 18.9 Å². The zero-order valence-corrected chi connectivity index (χ0v) is 26.1. The van der Waals surface area contributed by atoms with Gasteiger partial charge in [-0.25, -0.2) is 24.4 Å². The highest BCUT2D eigenvalue weighted by Crippen LogP contribution is 2.21. The molecule has 0 saturated heterocycles. The molecule has 0 aliphatic heterocycles. The molecule has 0 fully saturated rings. The number of nitrogens with zero attached hydrogens (tertiary/aromatic N) is 2. The average Bonchev–Trinajstić information content (AvgIpc) is 3.04. The summed E-state index contributed by atoms with van der Waals surface area (Å²) in [6, 6.07) is 13.4. The molecule has 0 N–H and O–H groups in total. The van der Waals surface area contributed by atoms with Crippen molar-refractivity contribution in [3.63, 3.8) is 0 Å². The van der Waals surface area contributed by atoms with E-state index in [0.29, 0.717) is 12.4 Å². The van der Waals surface area contributed by atoms with E-state index >= 15 is 0 Å². The molecule has 0 saturated carbocycles. The molecule has 1 heterocycles. The van der Waals surface area contributed by atoms with E-state index in [0.717, 1.165) is 17.7 Å². The molecule has 44 heavy (non-hydrogen) atoms. The molecular formula is C35H44N2O7. The molecule has 0 bridgehead atoms. The molecule has 9 nitrogen and oxygen atoms in total. The van der Waals surface area contributed by atoms with Gasteiger partial charge in [0.2, 0.25) is 0 Å². The first-order valence-electron chi connectivity index (χ1n) is 15.7. The lowest BCUT2D eigenvalue weighted by Crippen LogP contribution is -2.26. The second-order valence-corrected chi connectivity index (χ2v) is 10.6. The van der Waals surface area contributed by atoms with E-state index in [9.17, 15) is 14.4 Å². The largest absolute Gasteiger partial charge is 0.494 e. The quantitative estimate of drug-likeness (QED) is 0.0769. The number of hydrogen-bond acceptors (Lipinski definition) is 9. The summed E-state index contributed by atoms with van der Waals surface area (Å²) >= 11 is 0. The minimum Gasteiger partial charge on any atom is -0.494 e. The number of carbonyl (C=O) groups is 3. The van der Waals surface area contributed by atoms with Gasteiger partial charge >= 0.3 is 17.9 Å². The number of esters is 3. The Hall–Kier alpha value is -4.27. The van der Waals surface area contributed by atoms with Crippen LogP contribution >= 0.6 is 0 Å². The highest BCUT2D eigenvalue weighted by molar-refractivity contribution is 5.92. The molecule has 236 valence electrons. The molecule has 0 aliphatic rings. The molecule has 0 aliphatic carbocycles. The summed E-state index contributed by atoms with van der Waals surface area (Å²) in [6.07, 6.45) is 14.7. The SMILES string of the molecule is CCCCCCCCCCCCOc1ccc(-c2ncc(C(=O)Oc3ccc(C(=O)O[C@H](C)C(=O)OCC)cc3)cn2)cc1. The molecular weight excluding hydrogens is 560 g/mol. The minimum absolute atomic E-state index is 0.178. The molecule has 1 aromatic heterocycles. The van der Waals surface area contributed by atoms with Crippen molar-refractivity contribution < 1.29 is 33.3 Å². The Morgan fingerprint density at radius 1 is 0.682 bits per heavy atom. The normalized spacial score (nSPS) is 11.4. The van der Waals surface area contributed by atoms with Crippen LogP contribution in [0, 0.1) is 0 Å². The van der Waals surface area contributed by atoms with Crippen LogP contribution in [0.25, 0.3) is 11.4 Å². The smallest absolute Gasteiger partial charge is 0.347 e. The molecule has 3 rings (SSSR count). The zero-order valence-electron chi connectivity index (χ0n) is 26.1. The summed E-state index contributed by atoms with van der Waals surface area (Å²) in [5, 5.41) is 0. The monoisotopic (exact) mass is 604 g/mol. The van der Waals surface area contributed by atoms with E-state index in [1.165, 1.54) is 101 Å². The number of carbonyl (C=O) groups excluding carboxylic acids is 3. The number of hydrogen-bond donors (Lipinski definition) is 0. The van der Waals surface area contributed by atoms with E-state index in [1.807, 2.05) is 24.3 Å². The number of benzene rings is 2. The van der Waals surface area contributed by atoms with Gasteiger partial charge in [0.25, 0.3) is 0 Å². The Labute approximate surface area is 260 Å². The Morgan fingerprint density at radius 2 is 1.25 bits per heavy atom. The predicted octanol–water partition coefficient (Wildman–Crippen LogP) is 7.77. The molecule has 9 heteroatoms. The van der Waals surface area contributed by atoms with Gasteiger partial charge in [0.15, 0.2) is 11.9 Å². The predicted molar refractivity (Wildman–Crippen MR) is 168 cm³/mol. The summed E-state index contributed by atoms with van der Waals surface area (Å²) in [4.78, 5) is 45.1. The number of unbranched alkanes of at least 4 members (excludes halogenated alkanes) is 9. The maximum Gasteiger partial charge on any atom is 0.347 e. The summed E-state index contributed by atoms with van der Waals surface area (Å²) in [5.74, 6) is -0.456. The van der Waals surface area contributed by atoms with Crippen LogP contribution in [0.5, 0.6) is 11.5 Å². The first-order chi connectivity index (χ1) is 21.4. The molecule has 1 atom stereocenters. The fourth-order valence-electron chi connectivity index (χ4n) is 4.42. The third-order valence-electron chi connectivity index (χ3n) is 6.97. The minimum atomic E-state index is -1.03. The van der Waals surface area contributed by atoms with Crippen LogP contribution < -0.4 is 9.47 Å². The van der Waals surface area contributed by atoms with E-state index in [4.69, 9.17) is 18.9 Å². The second-order valence-electron chi connectivity index (χ2n) is 10.6. The summed E-state index contributed by atoms with van der Waals surface area (Å²) in [6.45, 7) is 6.24. The summed E-state index contributed by atoms with van der Waals surface area (Å²) < 4.78 is 21.2. The molecule has 0 amide bonds.